The highest BCUT2D eigenvalue weighted by Gasteiger charge is 2.31. The van der Waals surface area contributed by atoms with Crippen molar-refractivity contribution in [3.05, 3.63) is 0 Å². The van der Waals surface area contributed by atoms with Crippen molar-refractivity contribution in [1.29, 1.82) is 0 Å². The van der Waals surface area contributed by atoms with E-state index in [2.05, 4.69) is 4.99 Å². The van der Waals surface area contributed by atoms with Crippen molar-refractivity contribution < 1.29 is 9.59 Å². The summed E-state index contributed by atoms with van der Waals surface area (Å²) in [6, 6.07) is 0. The number of nitrogens with zero attached hydrogens (tertiary/aromatic N) is 1. The average Bonchev–Trinajstić information content (AvgIpc) is 1.85. The summed E-state index contributed by atoms with van der Waals surface area (Å²) in [5.74, 6) is -0.762. The number of carbonyl (C=O) groups excluding carboxylic acids is 2. The van der Waals surface area contributed by atoms with Crippen molar-refractivity contribution in [1.82, 2.24) is 0 Å². The lowest BCUT2D eigenvalue weighted by molar-refractivity contribution is -0.117. The molecule has 0 spiro atoms. The van der Waals surface area contributed by atoms with Crippen molar-refractivity contribution in [2.75, 3.05) is 0 Å². The maximum atomic E-state index is 10.7. The fourth-order valence-corrected chi connectivity index (χ4v) is 0.537. The minimum atomic E-state index is -0.995. The van der Waals surface area contributed by atoms with E-state index < -0.39 is 16.2 Å². The molecule has 0 saturated heterocycles. The summed E-state index contributed by atoms with van der Waals surface area (Å²) < 4.78 is 0. The highest BCUT2D eigenvalue weighted by atomic mass is 35.5. The van der Waals surface area contributed by atoms with Gasteiger partial charge in [0.05, 0.1) is 4.87 Å². The Labute approximate surface area is 74.4 Å². The molecule has 3 nitrogen and oxygen atoms in total. The Kier molecular flexibility index (Phi) is 3.73. The third-order valence-corrected chi connectivity index (χ3v) is 2.04. The van der Waals surface area contributed by atoms with E-state index in [-0.39, 0.29) is 0 Å². The summed E-state index contributed by atoms with van der Waals surface area (Å²) in [5, 5.41) is -0.995. The number of rotatable bonds is 2. The van der Waals surface area contributed by atoms with Crippen LogP contribution in [0.4, 0.5) is 0 Å². The summed E-state index contributed by atoms with van der Waals surface area (Å²) in [6.07, 6.45) is 1.10. The molecule has 1 amide bonds. The van der Waals surface area contributed by atoms with Crippen molar-refractivity contribution in [2.24, 2.45) is 4.99 Å². The van der Waals surface area contributed by atoms with E-state index in [0.717, 1.165) is 6.08 Å². The first-order chi connectivity index (χ1) is 4.89. The molecule has 0 rings (SSSR count). The molecule has 0 bridgehead atoms. The number of hydrogen-bond donors (Lipinski definition) is 0. The molecule has 62 valence electrons. The van der Waals surface area contributed by atoms with Crippen LogP contribution in [0.1, 0.15) is 13.8 Å². The van der Waals surface area contributed by atoms with Crippen LogP contribution < -0.4 is 0 Å². The molecule has 0 aliphatic carbocycles. The molecule has 0 aliphatic rings. The van der Waals surface area contributed by atoms with Crippen LogP contribution in [0.3, 0.4) is 0 Å². The number of halogens is 2. The van der Waals surface area contributed by atoms with Gasteiger partial charge in [-0.15, -0.1) is 28.2 Å². The normalized spacial score (nSPS) is 13.5. The van der Waals surface area contributed by atoms with E-state index in [9.17, 15) is 9.59 Å². The highest BCUT2D eigenvalue weighted by molar-refractivity contribution is 6.39. The molecule has 0 aromatic heterocycles. The largest absolute Gasteiger partial charge is 0.276 e. The summed E-state index contributed by atoms with van der Waals surface area (Å²) in [5.41, 5.74) is 0. The molecule has 1 unspecified atom stereocenters. The molecule has 0 heterocycles. The van der Waals surface area contributed by atoms with Gasteiger partial charge in [-0.3, -0.25) is 4.79 Å². The lowest BCUT2D eigenvalue weighted by Crippen LogP contribution is -2.31. The number of isocyanates is 1. The summed E-state index contributed by atoms with van der Waals surface area (Å²) in [7, 11) is 0. The second-order valence-electron chi connectivity index (χ2n) is 2.47. The van der Waals surface area contributed by atoms with E-state index in [4.69, 9.17) is 23.2 Å². The van der Waals surface area contributed by atoms with Gasteiger partial charge in [0.1, 0.15) is 5.38 Å². The van der Waals surface area contributed by atoms with Gasteiger partial charge in [0.25, 0.3) is 5.91 Å². The first kappa shape index (κ1) is 10.6. The number of amides is 1. The molecule has 0 fully saturated rings. The second kappa shape index (κ2) is 3.86. The van der Waals surface area contributed by atoms with E-state index in [0.29, 0.717) is 0 Å². The Morgan fingerprint density at radius 1 is 1.64 bits per heavy atom. The average molecular weight is 196 g/mol. The zero-order chi connectivity index (χ0) is 9.07. The maximum Gasteiger partial charge on any atom is 0.276 e. The van der Waals surface area contributed by atoms with Crippen LogP contribution >= 0.6 is 23.2 Å². The molecule has 1 atom stereocenters. The van der Waals surface area contributed by atoms with Crippen LogP contribution in [0.5, 0.6) is 0 Å². The van der Waals surface area contributed by atoms with E-state index in [1.165, 1.54) is 0 Å². The molecule has 0 aromatic carbocycles. The van der Waals surface area contributed by atoms with Gasteiger partial charge in [0, 0.05) is 0 Å². The SMILES string of the molecule is CC(C)(Cl)C(Cl)C(=O)N=C=O. The Morgan fingerprint density at radius 3 is 2.36 bits per heavy atom. The Morgan fingerprint density at radius 2 is 2.09 bits per heavy atom. The number of carbonyl (C=O) groups is 1. The van der Waals surface area contributed by atoms with Gasteiger partial charge in [-0.2, -0.15) is 0 Å². The third-order valence-electron chi connectivity index (χ3n) is 0.975. The van der Waals surface area contributed by atoms with Crippen LogP contribution in [-0.2, 0) is 9.59 Å². The van der Waals surface area contributed by atoms with Gasteiger partial charge in [0.15, 0.2) is 0 Å². The summed E-state index contributed by atoms with van der Waals surface area (Å²) >= 11 is 11.2. The van der Waals surface area contributed by atoms with Crippen LogP contribution in [0.15, 0.2) is 4.99 Å². The number of alkyl halides is 2. The predicted octanol–water partition coefficient (Wildman–Crippen LogP) is 1.47. The van der Waals surface area contributed by atoms with Crippen molar-refractivity contribution in [3.63, 3.8) is 0 Å². The second-order valence-corrected chi connectivity index (χ2v) is 3.88. The van der Waals surface area contributed by atoms with E-state index in [1.54, 1.807) is 13.8 Å². The lowest BCUT2D eigenvalue weighted by atomic mass is 10.1. The molecule has 0 saturated carbocycles. The molecule has 11 heavy (non-hydrogen) atoms. The zero-order valence-corrected chi connectivity index (χ0v) is 7.61. The molecule has 5 heteroatoms. The molecular weight excluding hydrogens is 189 g/mol. The first-order valence-corrected chi connectivity index (χ1v) is 3.65. The van der Waals surface area contributed by atoms with Crippen LogP contribution in [0.2, 0.25) is 0 Å². The van der Waals surface area contributed by atoms with Crippen LogP contribution in [0, 0.1) is 0 Å². The van der Waals surface area contributed by atoms with E-state index in [1.807, 2.05) is 0 Å². The Bertz CT molecular complexity index is 203. The predicted molar refractivity (Wildman–Crippen MR) is 42.7 cm³/mol. The molecule has 0 aliphatic heterocycles. The van der Waals surface area contributed by atoms with Crippen LogP contribution in [-0.4, -0.2) is 22.2 Å². The quantitative estimate of drug-likeness (QED) is 0.381. The van der Waals surface area contributed by atoms with Gasteiger partial charge in [-0.25, -0.2) is 4.79 Å². The van der Waals surface area contributed by atoms with Gasteiger partial charge >= 0.3 is 0 Å². The Hall–Kier alpha value is -0.370. The van der Waals surface area contributed by atoms with Crippen LogP contribution in [0.25, 0.3) is 0 Å². The summed E-state index contributed by atoms with van der Waals surface area (Å²) in [6.45, 7) is 3.12. The first-order valence-electron chi connectivity index (χ1n) is 2.84. The smallest absolute Gasteiger partial charge is 0.270 e. The topological polar surface area (TPSA) is 46.5 Å². The molecular formula is C6H7Cl2NO2. The fraction of sp³-hybridized carbons (Fsp3) is 0.667. The Balaban J connectivity index is 4.37. The van der Waals surface area contributed by atoms with Gasteiger partial charge in [-0.1, -0.05) is 0 Å². The maximum absolute atomic E-state index is 10.7. The monoisotopic (exact) mass is 195 g/mol. The fourth-order valence-electron chi connectivity index (χ4n) is 0.395. The zero-order valence-electron chi connectivity index (χ0n) is 6.10. The summed E-state index contributed by atoms with van der Waals surface area (Å²) in [4.78, 5) is 22.3. The minimum absolute atomic E-state index is 0.762. The van der Waals surface area contributed by atoms with Crippen molar-refractivity contribution >= 4 is 35.2 Å². The molecule has 0 N–H and O–H groups in total. The minimum Gasteiger partial charge on any atom is -0.270 e. The number of aliphatic imine (C=N–C) groups is 1. The molecule has 0 aromatic rings. The standard InChI is InChI=1S/C6H7Cl2NO2/c1-6(2,8)4(7)5(11)9-3-10/h4H,1-2H3. The van der Waals surface area contributed by atoms with Crippen molar-refractivity contribution in [2.45, 2.75) is 24.1 Å². The molecule has 0 radical (unpaired) electrons. The lowest BCUT2D eigenvalue weighted by Gasteiger charge is -2.18. The number of hydrogen-bond acceptors (Lipinski definition) is 2. The highest BCUT2D eigenvalue weighted by Crippen LogP contribution is 2.23. The van der Waals surface area contributed by atoms with Gasteiger partial charge in [-0.05, 0) is 13.8 Å². The van der Waals surface area contributed by atoms with E-state index >= 15 is 0 Å². The van der Waals surface area contributed by atoms with Crippen molar-refractivity contribution in [3.8, 4) is 0 Å². The van der Waals surface area contributed by atoms with Gasteiger partial charge < -0.3 is 0 Å². The third kappa shape index (κ3) is 3.51. The van der Waals surface area contributed by atoms with Gasteiger partial charge in [0.2, 0.25) is 6.08 Å².